The number of aromatic nitrogens is 3. The van der Waals surface area contributed by atoms with Crippen LogP contribution >= 0.6 is 43.2 Å². The van der Waals surface area contributed by atoms with Crippen LogP contribution in [0.1, 0.15) is 17.3 Å². The van der Waals surface area contributed by atoms with E-state index in [0.717, 1.165) is 24.5 Å². The first kappa shape index (κ1) is 14.9. The normalized spacial score (nSPS) is 12.5. The molecule has 1 unspecified atom stereocenters. The van der Waals surface area contributed by atoms with Gasteiger partial charge < -0.3 is 5.32 Å². The predicted molar refractivity (Wildman–Crippen MR) is 92.0 cm³/mol. The van der Waals surface area contributed by atoms with Crippen molar-refractivity contribution < 1.29 is 0 Å². The summed E-state index contributed by atoms with van der Waals surface area (Å²) in [6, 6.07) is 12.1. The maximum Gasteiger partial charge on any atom is 0.0861 e. The van der Waals surface area contributed by atoms with E-state index in [2.05, 4.69) is 53.6 Å². The summed E-state index contributed by atoms with van der Waals surface area (Å²) in [6.07, 6.45) is 1.80. The van der Waals surface area contributed by atoms with Gasteiger partial charge in [-0.2, -0.15) is 0 Å². The first-order valence-electron chi connectivity index (χ1n) is 6.28. The Bertz CT molecular complexity index is 739. The molecule has 0 aliphatic rings. The predicted octanol–water partition coefficient (Wildman–Crippen LogP) is 4.16. The van der Waals surface area contributed by atoms with Gasteiger partial charge in [-0.05, 0) is 57.1 Å². The van der Waals surface area contributed by atoms with Gasteiger partial charge in [0.05, 0.1) is 31.2 Å². The lowest BCUT2D eigenvalue weighted by atomic mass is 10.1. The van der Waals surface area contributed by atoms with Crippen LogP contribution < -0.4 is 5.32 Å². The fraction of sp³-hybridized carbons (Fsp3) is 0.143. The van der Waals surface area contributed by atoms with Crippen molar-refractivity contribution in [2.45, 2.75) is 6.04 Å². The highest BCUT2D eigenvalue weighted by molar-refractivity contribution is 9.12. The van der Waals surface area contributed by atoms with Crippen LogP contribution in [-0.4, -0.2) is 22.0 Å². The van der Waals surface area contributed by atoms with E-state index in [9.17, 15) is 0 Å². The fourth-order valence-corrected chi connectivity index (χ4v) is 5.12. The Hall–Kier alpha value is -1.02. The number of rotatable bonds is 4. The van der Waals surface area contributed by atoms with Gasteiger partial charge in [-0.25, -0.2) is 4.68 Å². The zero-order valence-electron chi connectivity index (χ0n) is 11.1. The topological polar surface area (TPSA) is 42.7 Å². The molecule has 108 valence electrons. The van der Waals surface area contributed by atoms with Crippen molar-refractivity contribution in [1.29, 1.82) is 0 Å². The number of benzene rings is 1. The van der Waals surface area contributed by atoms with Crippen LogP contribution in [0.25, 0.3) is 5.69 Å². The maximum absolute atomic E-state index is 4.22. The van der Waals surface area contributed by atoms with E-state index in [1.165, 1.54) is 0 Å². The number of para-hydroxylation sites is 1. The SMILES string of the molecule is CNC(c1cc(Br)sc1Br)c1cnnn1-c1ccccc1. The Morgan fingerprint density at radius 1 is 1.24 bits per heavy atom. The maximum atomic E-state index is 4.22. The van der Waals surface area contributed by atoms with Gasteiger partial charge >= 0.3 is 0 Å². The minimum Gasteiger partial charge on any atom is -0.308 e. The molecule has 0 aliphatic carbocycles. The van der Waals surface area contributed by atoms with Crippen molar-refractivity contribution in [3.63, 3.8) is 0 Å². The highest BCUT2D eigenvalue weighted by atomic mass is 79.9. The van der Waals surface area contributed by atoms with Crippen LogP contribution in [0.2, 0.25) is 0 Å². The molecule has 1 atom stereocenters. The Morgan fingerprint density at radius 3 is 2.62 bits per heavy atom. The number of nitrogens with one attached hydrogen (secondary N) is 1. The van der Waals surface area contributed by atoms with Crippen LogP contribution in [0.5, 0.6) is 0 Å². The summed E-state index contributed by atoms with van der Waals surface area (Å²) >= 11 is 8.81. The molecule has 0 bridgehead atoms. The van der Waals surface area contributed by atoms with Gasteiger partial charge in [0.15, 0.2) is 0 Å². The Morgan fingerprint density at radius 2 is 2.00 bits per heavy atom. The number of halogens is 2. The molecule has 2 heterocycles. The minimum absolute atomic E-state index is 0.0112. The van der Waals surface area contributed by atoms with E-state index in [1.807, 2.05) is 42.1 Å². The van der Waals surface area contributed by atoms with Crippen molar-refractivity contribution in [3.8, 4) is 5.69 Å². The molecule has 0 saturated carbocycles. The van der Waals surface area contributed by atoms with Crippen LogP contribution in [0.4, 0.5) is 0 Å². The molecule has 0 spiro atoms. The summed E-state index contributed by atoms with van der Waals surface area (Å²) in [6.45, 7) is 0. The largest absolute Gasteiger partial charge is 0.308 e. The number of hydrogen-bond donors (Lipinski definition) is 1. The highest BCUT2D eigenvalue weighted by Gasteiger charge is 2.22. The molecule has 7 heteroatoms. The van der Waals surface area contributed by atoms with E-state index in [1.54, 1.807) is 17.5 Å². The van der Waals surface area contributed by atoms with Crippen molar-refractivity contribution in [3.05, 3.63) is 61.4 Å². The summed E-state index contributed by atoms with van der Waals surface area (Å²) in [5.41, 5.74) is 3.15. The summed E-state index contributed by atoms with van der Waals surface area (Å²) in [5, 5.41) is 11.6. The number of hydrogen-bond acceptors (Lipinski definition) is 4. The molecule has 1 aromatic carbocycles. The van der Waals surface area contributed by atoms with Crippen molar-refractivity contribution in [1.82, 2.24) is 20.3 Å². The van der Waals surface area contributed by atoms with Gasteiger partial charge in [0.1, 0.15) is 0 Å². The van der Waals surface area contributed by atoms with Gasteiger partial charge in [0.2, 0.25) is 0 Å². The Labute approximate surface area is 143 Å². The average molecular weight is 428 g/mol. The molecule has 3 rings (SSSR count). The Kier molecular flexibility index (Phi) is 4.54. The van der Waals surface area contributed by atoms with Gasteiger partial charge in [0, 0.05) is 5.56 Å². The summed E-state index contributed by atoms with van der Waals surface area (Å²) < 4.78 is 4.04. The van der Waals surface area contributed by atoms with E-state index >= 15 is 0 Å². The van der Waals surface area contributed by atoms with Gasteiger partial charge in [-0.15, -0.1) is 16.4 Å². The molecule has 2 aromatic heterocycles. The van der Waals surface area contributed by atoms with Crippen LogP contribution in [0.15, 0.2) is 50.2 Å². The first-order chi connectivity index (χ1) is 10.2. The van der Waals surface area contributed by atoms with Gasteiger partial charge in [-0.1, -0.05) is 23.4 Å². The molecule has 4 nitrogen and oxygen atoms in total. The molecule has 21 heavy (non-hydrogen) atoms. The molecule has 0 radical (unpaired) electrons. The lowest BCUT2D eigenvalue weighted by Crippen LogP contribution is -2.20. The van der Waals surface area contributed by atoms with E-state index in [4.69, 9.17) is 0 Å². The zero-order valence-corrected chi connectivity index (χ0v) is 15.1. The molecule has 0 aliphatic heterocycles. The summed E-state index contributed by atoms with van der Waals surface area (Å²) in [4.78, 5) is 0. The highest BCUT2D eigenvalue weighted by Crippen LogP contribution is 2.37. The van der Waals surface area contributed by atoms with Crippen LogP contribution in [-0.2, 0) is 0 Å². The number of nitrogens with zero attached hydrogens (tertiary/aromatic N) is 3. The minimum atomic E-state index is 0.0112. The second-order valence-electron chi connectivity index (χ2n) is 4.41. The Balaban J connectivity index is 2.07. The third-order valence-electron chi connectivity index (χ3n) is 3.15. The summed E-state index contributed by atoms with van der Waals surface area (Å²) in [7, 11) is 1.94. The van der Waals surface area contributed by atoms with Crippen LogP contribution in [0, 0.1) is 0 Å². The second kappa shape index (κ2) is 6.39. The van der Waals surface area contributed by atoms with E-state index in [-0.39, 0.29) is 6.04 Å². The number of thiophene rings is 1. The van der Waals surface area contributed by atoms with Gasteiger partial charge in [-0.3, -0.25) is 0 Å². The second-order valence-corrected chi connectivity index (χ2v) is 8.16. The third kappa shape index (κ3) is 2.96. The molecule has 1 N–H and O–H groups in total. The van der Waals surface area contributed by atoms with Crippen LogP contribution in [0.3, 0.4) is 0 Å². The summed E-state index contributed by atoms with van der Waals surface area (Å²) in [5.74, 6) is 0. The smallest absolute Gasteiger partial charge is 0.0861 e. The zero-order chi connectivity index (χ0) is 14.8. The first-order valence-corrected chi connectivity index (χ1v) is 8.69. The molecule has 0 amide bonds. The van der Waals surface area contributed by atoms with E-state index < -0.39 is 0 Å². The van der Waals surface area contributed by atoms with Crippen molar-refractivity contribution in [2.75, 3.05) is 7.05 Å². The molecule has 0 saturated heterocycles. The molecule has 0 fully saturated rings. The van der Waals surface area contributed by atoms with Crippen molar-refractivity contribution in [2.24, 2.45) is 0 Å². The standard InChI is InChI=1S/C14H12Br2N4S/c1-17-13(10-7-12(15)21-14(10)16)11-8-18-19-20(11)9-5-3-2-4-6-9/h2-8,13,17H,1H3. The fourth-order valence-electron chi connectivity index (χ4n) is 2.22. The van der Waals surface area contributed by atoms with E-state index in [0.29, 0.717) is 0 Å². The lowest BCUT2D eigenvalue weighted by molar-refractivity contribution is 0.633. The quantitative estimate of drug-likeness (QED) is 0.679. The van der Waals surface area contributed by atoms with Gasteiger partial charge in [0.25, 0.3) is 0 Å². The third-order valence-corrected chi connectivity index (χ3v) is 5.54. The average Bonchev–Trinajstić information content (AvgIpc) is 3.09. The van der Waals surface area contributed by atoms with Crippen molar-refractivity contribution >= 4 is 43.2 Å². The molecular weight excluding hydrogens is 416 g/mol. The molecule has 3 aromatic rings. The monoisotopic (exact) mass is 426 g/mol. The molecular formula is C14H12Br2N4S. The lowest BCUT2D eigenvalue weighted by Gasteiger charge is -2.17.